The van der Waals surface area contributed by atoms with Crippen molar-refractivity contribution in [2.75, 3.05) is 6.61 Å². The predicted molar refractivity (Wildman–Crippen MR) is 64.8 cm³/mol. The summed E-state index contributed by atoms with van der Waals surface area (Å²) in [5.41, 5.74) is 3.58. The number of ether oxygens (including phenoxy) is 1. The molecule has 6 heteroatoms. The van der Waals surface area contributed by atoms with E-state index in [9.17, 15) is 13.2 Å². The lowest BCUT2D eigenvalue weighted by Gasteiger charge is -2.23. The first-order chi connectivity index (χ1) is 9.02. The Morgan fingerprint density at radius 3 is 2.37 bits per heavy atom. The van der Waals surface area contributed by atoms with E-state index < -0.39 is 11.7 Å². The molecule has 0 aromatic heterocycles. The molecular formula is C13H15F3N2O. The molecule has 0 aliphatic carbocycles. The van der Waals surface area contributed by atoms with Crippen LogP contribution >= 0.6 is 0 Å². The van der Waals surface area contributed by atoms with E-state index in [0.717, 1.165) is 30.5 Å². The fourth-order valence-corrected chi connectivity index (χ4v) is 2.08. The fourth-order valence-electron chi connectivity index (χ4n) is 2.08. The molecular weight excluding hydrogens is 257 g/mol. The number of alkyl halides is 3. The van der Waals surface area contributed by atoms with Gasteiger partial charge < -0.3 is 4.74 Å². The molecule has 0 fully saturated rings. The van der Waals surface area contributed by atoms with Crippen molar-refractivity contribution in [3.05, 3.63) is 47.2 Å². The zero-order valence-electron chi connectivity index (χ0n) is 10.2. The summed E-state index contributed by atoms with van der Waals surface area (Å²) in [6.07, 6.45) is -0.996. The third-order valence-electron chi connectivity index (χ3n) is 3.07. The van der Waals surface area contributed by atoms with Gasteiger partial charge in [0.25, 0.3) is 0 Å². The van der Waals surface area contributed by atoms with Crippen molar-refractivity contribution >= 4 is 0 Å². The predicted octanol–water partition coefficient (Wildman–Crippen LogP) is 2.90. The first kappa shape index (κ1) is 13.9. The van der Waals surface area contributed by atoms with Crippen molar-refractivity contribution in [2.45, 2.75) is 25.1 Å². The highest BCUT2D eigenvalue weighted by Gasteiger charge is 2.30. The molecule has 0 saturated carbocycles. The van der Waals surface area contributed by atoms with Crippen LogP contribution in [0.5, 0.6) is 0 Å². The van der Waals surface area contributed by atoms with Gasteiger partial charge in [-0.15, -0.1) is 0 Å². The molecule has 3 N–H and O–H groups in total. The summed E-state index contributed by atoms with van der Waals surface area (Å²) in [5.74, 6) is 5.49. The van der Waals surface area contributed by atoms with Gasteiger partial charge in [0.1, 0.15) is 0 Å². The third kappa shape index (κ3) is 3.27. The van der Waals surface area contributed by atoms with E-state index in [-0.39, 0.29) is 6.04 Å². The van der Waals surface area contributed by atoms with Gasteiger partial charge in [-0.05, 0) is 36.1 Å². The first-order valence-corrected chi connectivity index (χ1v) is 5.96. The number of hydrogen-bond acceptors (Lipinski definition) is 3. The highest BCUT2D eigenvalue weighted by atomic mass is 19.4. The Bertz CT molecular complexity index is 454. The minimum absolute atomic E-state index is 0.317. The van der Waals surface area contributed by atoms with Crippen molar-refractivity contribution in [1.29, 1.82) is 0 Å². The summed E-state index contributed by atoms with van der Waals surface area (Å²) < 4.78 is 42.7. The second-order valence-corrected chi connectivity index (χ2v) is 4.39. The van der Waals surface area contributed by atoms with Gasteiger partial charge in [0.05, 0.1) is 24.5 Å². The summed E-state index contributed by atoms with van der Waals surface area (Å²) in [7, 11) is 0. The van der Waals surface area contributed by atoms with Crippen LogP contribution in [-0.4, -0.2) is 6.61 Å². The molecule has 1 atom stereocenters. The maximum absolute atomic E-state index is 12.5. The van der Waals surface area contributed by atoms with Gasteiger partial charge in [0, 0.05) is 0 Å². The van der Waals surface area contributed by atoms with Gasteiger partial charge in [0.2, 0.25) is 0 Å². The van der Waals surface area contributed by atoms with Crippen molar-refractivity contribution in [2.24, 2.45) is 5.84 Å². The molecule has 1 aliphatic rings. The number of halogens is 3. The van der Waals surface area contributed by atoms with Crippen LogP contribution in [0.2, 0.25) is 0 Å². The number of nitrogens with one attached hydrogen (secondary N) is 1. The molecule has 0 amide bonds. The van der Waals surface area contributed by atoms with E-state index in [1.165, 1.54) is 12.1 Å². The molecule has 1 aromatic carbocycles. The maximum atomic E-state index is 12.5. The second-order valence-electron chi connectivity index (χ2n) is 4.39. The maximum Gasteiger partial charge on any atom is 0.416 e. The molecule has 2 rings (SSSR count). The van der Waals surface area contributed by atoms with Gasteiger partial charge >= 0.3 is 6.18 Å². The molecule has 1 aromatic rings. The van der Waals surface area contributed by atoms with E-state index in [4.69, 9.17) is 10.6 Å². The van der Waals surface area contributed by atoms with E-state index in [2.05, 4.69) is 5.43 Å². The van der Waals surface area contributed by atoms with Gasteiger partial charge in [-0.2, -0.15) is 13.2 Å². The Morgan fingerprint density at radius 1 is 1.21 bits per heavy atom. The Labute approximate surface area is 109 Å². The van der Waals surface area contributed by atoms with Crippen LogP contribution in [0.15, 0.2) is 36.1 Å². The zero-order chi connectivity index (χ0) is 13.9. The number of hydrazine groups is 1. The lowest BCUT2D eigenvalue weighted by atomic mass is 9.95. The normalized spacial score (nSPS) is 17.6. The second kappa shape index (κ2) is 5.63. The monoisotopic (exact) mass is 272 g/mol. The van der Waals surface area contributed by atoms with E-state index in [0.29, 0.717) is 12.2 Å². The molecule has 1 unspecified atom stereocenters. The molecule has 104 valence electrons. The average Bonchev–Trinajstić information content (AvgIpc) is 2.40. The largest absolute Gasteiger partial charge is 0.501 e. The zero-order valence-corrected chi connectivity index (χ0v) is 10.2. The van der Waals surface area contributed by atoms with Crippen molar-refractivity contribution < 1.29 is 17.9 Å². The Morgan fingerprint density at radius 2 is 1.89 bits per heavy atom. The van der Waals surface area contributed by atoms with Gasteiger partial charge in [-0.1, -0.05) is 12.1 Å². The van der Waals surface area contributed by atoms with Crippen molar-refractivity contribution in [3.8, 4) is 0 Å². The molecule has 1 aliphatic heterocycles. The SMILES string of the molecule is NNC(C1=COCCC1)c1ccc(C(F)(F)F)cc1. The summed E-state index contributed by atoms with van der Waals surface area (Å²) in [5, 5.41) is 0. The fraction of sp³-hybridized carbons (Fsp3) is 0.385. The van der Waals surface area contributed by atoms with Gasteiger partial charge in [-0.25, -0.2) is 5.43 Å². The van der Waals surface area contributed by atoms with Crippen LogP contribution in [0, 0.1) is 0 Å². The lowest BCUT2D eigenvalue weighted by Crippen LogP contribution is -2.30. The first-order valence-electron chi connectivity index (χ1n) is 5.96. The van der Waals surface area contributed by atoms with E-state index >= 15 is 0 Å². The Hall–Kier alpha value is -1.53. The number of nitrogens with two attached hydrogens (primary N) is 1. The van der Waals surface area contributed by atoms with Crippen LogP contribution in [0.25, 0.3) is 0 Å². The van der Waals surface area contributed by atoms with E-state index in [1.54, 1.807) is 6.26 Å². The van der Waals surface area contributed by atoms with Crippen LogP contribution in [0.1, 0.15) is 30.0 Å². The quantitative estimate of drug-likeness (QED) is 0.657. The summed E-state index contributed by atoms with van der Waals surface area (Å²) in [4.78, 5) is 0. The Balaban J connectivity index is 2.22. The summed E-state index contributed by atoms with van der Waals surface area (Å²) in [6, 6.07) is 4.67. The third-order valence-corrected chi connectivity index (χ3v) is 3.07. The standard InChI is InChI=1S/C13H15F3N2O/c14-13(15,16)11-5-3-9(4-6-11)12(18-17)10-2-1-7-19-8-10/h3-6,8,12,18H,1-2,7,17H2. The number of hydrogen-bond donors (Lipinski definition) is 2. The minimum Gasteiger partial charge on any atom is -0.501 e. The molecule has 0 spiro atoms. The Kier molecular flexibility index (Phi) is 4.11. The van der Waals surface area contributed by atoms with Crippen LogP contribution in [0.3, 0.4) is 0 Å². The van der Waals surface area contributed by atoms with Crippen molar-refractivity contribution in [1.82, 2.24) is 5.43 Å². The van der Waals surface area contributed by atoms with Crippen LogP contribution < -0.4 is 11.3 Å². The topological polar surface area (TPSA) is 47.3 Å². The smallest absolute Gasteiger partial charge is 0.416 e. The van der Waals surface area contributed by atoms with Gasteiger partial charge in [0.15, 0.2) is 0 Å². The molecule has 0 saturated heterocycles. The van der Waals surface area contributed by atoms with Crippen LogP contribution in [-0.2, 0) is 10.9 Å². The van der Waals surface area contributed by atoms with Crippen molar-refractivity contribution in [3.63, 3.8) is 0 Å². The molecule has 19 heavy (non-hydrogen) atoms. The number of rotatable bonds is 3. The summed E-state index contributed by atoms with van der Waals surface area (Å²) >= 11 is 0. The minimum atomic E-state index is -4.32. The highest BCUT2D eigenvalue weighted by molar-refractivity contribution is 5.31. The number of benzene rings is 1. The lowest BCUT2D eigenvalue weighted by molar-refractivity contribution is -0.137. The molecule has 0 bridgehead atoms. The highest BCUT2D eigenvalue weighted by Crippen LogP contribution is 2.32. The summed E-state index contributed by atoms with van der Waals surface area (Å²) in [6.45, 7) is 0.661. The van der Waals surface area contributed by atoms with Crippen LogP contribution in [0.4, 0.5) is 13.2 Å². The molecule has 3 nitrogen and oxygen atoms in total. The molecule has 0 radical (unpaired) electrons. The van der Waals surface area contributed by atoms with E-state index in [1.807, 2.05) is 0 Å². The average molecular weight is 272 g/mol. The van der Waals surface area contributed by atoms with Gasteiger partial charge in [-0.3, -0.25) is 5.84 Å². The molecule has 1 heterocycles.